The normalized spacial score (nSPS) is 11.4. The first-order valence-corrected chi connectivity index (χ1v) is 9.78. The second-order valence-corrected chi connectivity index (χ2v) is 7.05. The second kappa shape index (κ2) is 9.73. The van der Waals surface area contributed by atoms with Gasteiger partial charge in [-0.05, 0) is 30.2 Å². The first-order chi connectivity index (χ1) is 14.1. The number of benzene rings is 1. The predicted octanol–water partition coefficient (Wildman–Crippen LogP) is 3.14. The lowest BCUT2D eigenvalue weighted by atomic mass is 10.2. The summed E-state index contributed by atoms with van der Waals surface area (Å²) < 4.78 is 0. The van der Waals surface area contributed by atoms with Crippen LogP contribution in [0, 0.1) is 0 Å². The van der Waals surface area contributed by atoms with E-state index in [2.05, 4.69) is 50.3 Å². The number of guanidine groups is 1. The molecule has 0 fully saturated rings. The van der Waals surface area contributed by atoms with Crippen LogP contribution in [0.5, 0.6) is 0 Å². The number of H-pyrrole nitrogens is 1. The molecule has 3 aromatic rings. The molecule has 0 spiro atoms. The fourth-order valence-electron chi connectivity index (χ4n) is 2.95. The molecule has 7 heteroatoms. The molecular weight excluding hydrogens is 362 g/mol. The van der Waals surface area contributed by atoms with Crippen LogP contribution in [0.3, 0.4) is 0 Å². The summed E-state index contributed by atoms with van der Waals surface area (Å²) in [6.07, 6.45) is 3.70. The van der Waals surface area contributed by atoms with Crippen LogP contribution >= 0.6 is 0 Å². The highest BCUT2D eigenvalue weighted by Gasteiger charge is 2.10. The molecule has 0 bridgehead atoms. The molecule has 0 aliphatic carbocycles. The van der Waals surface area contributed by atoms with Crippen molar-refractivity contribution < 1.29 is 0 Å². The van der Waals surface area contributed by atoms with Gasteiger partial charge in [-0.3, -0.25) is 0 Å². The number of aromatic nitrogens is 3. The van der Waals surface area contributed by atoms with Crippen LogP contribution in [0.4, 0.5) is 5.82 Å². The van der Waals surface area contributed by atoms with Gasteiger partial charge in [-0.25, -0.2) is 15.0 Å². The van der Waals surface area contributed by atoms with Crippen molar-refractivity contribution in [1.29, 1.82) is 0 Å². The first kappa shape index (κ1) is 20.4. The molecule has 0 atom stereocenters. The van der Waals surface area contributed by atoms with E-state index in [4.69, 9.17) is 4.99 Å². The largest absolute Gasteiger partial charge is 0.363 e. The summed E-state index contributed by atoms with van der Waals surface area (Å²) in [7, 11) is 5.99. The van der Waals surface area contributed by atoms with Crippen LogP contribution in [0.25, 0.3) is 11.3 Å². The van der Waals surface area contributed by atoms with Crippen molar-refractivity contribution >= 4 is 11.8 Å². The molecule has 2 aromatic heterocycles. The number of pyridine rings is 1. The van der Waals surface area contributed by atoms with Gasteiger partial charge >= 0.3 is 0 Å². The van der Waals surface area contributed by atoms with Crippen molar-refractivity contribution in [2.75, 3.05) is 32.6 Å². The van der Waals surface area contributed by atoms with Gasteiger partial charge < -0.3 is 20.1 Å². The van der Waals surface area contributed by atoms with Gasteiger partial charge in [0.25, 0.3) is 0 Å². The Kier molecular flexibility index (Phi) is 6.84. The number of hydrogen-bond donors (Lipinski definition) is 2. The zero-order valence-corrected chi connectivity index (χ0v) is 17.6. The topological polar surface area (TPSA) is 72.4 Å². The van der Waals surface area contributed by atoms with Gasteiger partial charge in [0.15, 0.2) is 5.96 Å². The number of nitrogens with zero attached hydrogens (tertiary/aromatic N) is 5. The van der Waals surface area contributed by atoms with E-state index in [1.54, 1.807) is 0 Å². The fraction of sp³-hybridized carbons (Fsp3) is 0.318. The lowest BCUT2D eigenvalue weighted by Gasteiger charge is -2.21. The Morgan fingerprint density at radius 2 is 1.90 bits per heavy atom. The minimum Gasteiger partial charge on any atom is -0.363 e. The maximum Gasteiger partial charge on any atom is 0.194 e. The molecule has 0 unspecified atom stereocenters. The van der Waals surface area contributed by atoms with Crippen LogP contribution < -0.4 is 10.2 Å². The van der Waals surface area contributed by atoms with Gasteiger partial charge in [-0.1, -0.05) is 30.3 Å². The van der Waals surface area contributed by atoms with E-state index in [0.29, 0.717) is 13.1 Å². The summed E-state index contributed by atoms with van der Waals surface area (Å²) in [6.45, 7) is 4.09. The van der Waals surface area contributed by atoms with Crippen LogP contribution in [-0.4, -0.2) is 53.5 Å². The SMILES string of the molecule is CCNC(=NCc1ccnc(N(C)C)c1)N(C)Cc1ncc(-c2ccccc2)[nH]1. The number of nitrogens with one attached hydrogen (secondary N) is 2. The maximum atomic E-state index is 4.79. The third-order valence-electron chi connectivity index (χ3n) is 4.48. The van der Waals surface area contributed by atoms with Gasteiger partial charge in [0.1, 0.15) is 11.6 Å². The molecular formula is C22H29N7. The third-order valence-corrected chi connectivity index (χ3v) is 4.48. The van der Waals surface area contributed by atoms with Crippen molar-refractivity contribution in [2.45, 2.75) is 20.0 Å². The standard InChI is InChI=1S/C22H29N7/c1-5-23-22(26-14-17-11-12-24-21(13-17)28(2)3)29(4)16-20-25-15-19(27-20)18-9-7-6-8-10-18/h6-13,15H,5,14,16H2,1-4H3,(H,23,26)(H,25,27). The molecule has 0 amide bonds. The number of imidazole rings is 1. The van der Waals surface area contributed by atoms with Crippen LogP contribution in [0.2, 0.25) is 0 Å². The Balaban J connectivity index is 1.69. The molecule has 0 aliphatic heterocycles. The van der Waals surface area contributed by atoms with Crippen molar-refractivity contribution in [1.82, 2.24) is 25.2 Å². The molecule has 7 nitrogen and oxygen atoms in total. The monoisotopic (exact) mass is 391 g/mol. The van der Waals surface area contributed by atoms with E-state index in [1.807, 2.05) is 62.7 Å². The zero-order valence-electron chi connectivity index (χ0n) is 17.6. The minimum atomic E-state index is 0.587. The summed E-state index contributed by atoms with van der Waals surface area (Å²) in [5.41, 5.74) is 3.27. The van der Waals surface area contributed by atoms with Crippen LogP contribution in [0.15, 0.2) is 59.9 Å². The van der Waals surface area contributed by atoms with E-state index in [-0.39, 0.29) is 0 Å². The van der Waals surface area contributed by atoms with Gasteiger partial charge in [-0.2, -0.15) is 0 Å². The number of rotatable bonds is 7. The summed E-state index contributed by atoms with van der Waals surface area (Å²) in [5, 5.41) is 3.36. The lowest BCUT2D eigenvalue weighted by molar-refractivity contribution is 0.464. The number of anilines is 1. The molecule has 2 heterocycles. The predicted molar refractivity (Wildman–Crippen MR) is 119 cm³/mol. The van der Waals surface area contributed by atoms with Crippen LogP contribution in [0.1, 0.15) is 18.3 Å². The molecule has 2 N–H and O–H groups in total. The Hall–Kier alpha value is -3.35. The molecule has 0 saturated heterocycles. The summed E-state index contributed by atoms with van der Waals surface area (Å²) in [5.74, 6) is 2.67. The maximum absolute atomic E-state index is 4.79. The molecule has 29 heavy (non-hydrogen) atoms. The van der Waals surface area contributed by atoms with Crippen molar-refractivity contribution in [3.05, 3.63) is 66.2 Å². The zero-order chi connectivity index (χ0) is 20.6. The fourth-order valence-corrected chi connectivity index (χ4v) is 2.95. The highest BCUT2D eigenvalue weighted by Crippen LogP contribution is 2.16. The summed E-state index contributed by atoms with van der Waals surface area (Å²) in [6, 6.07) is 14.3. The summed E-state index contributed by atoms with van der Waals surface area (Å²) in [4.78, 5) is 21.1. The van der Waals surface area contributed by atoms with Gasteiger partial charge in [-0.15, -0.1) is 0 Å². The van der Waals surface area contributed by atoms with E-state index in [0.717, 1.165) is 41.0 Å². The number of aromatic amines is 1. The number of hydrogen-bond acceptors (Lipinski definition) is 4. The molecule has 0 saturated carbocycles. The van der Waals surface area contributed by atoms with Crippen molar-refractivity contribution in [2.24, 2.45) is 4.99 Å². The Bertz CT molecular complexity index is 931. The molecule has 0 aliphatic rings. The van der Waals surface area contributed by atoms with E-state index >= 15 is 0 Å². The average molecular weight is 392 g/mol. The Morgan fingerprint density at radius 3 is 2.62 bits per heavy atom. The first-order valence-electron chi connectivity index (χ1n) is 9.78. The van der Waals surface area contributed by atoms with E-state index in [9.17, 15) is 0 Å². The number of aliphatic imine (C=N–C) groups is 1. The van der Waals surface area contributed by atoms with Crippen LogP contribution in [-0.2, 0) is 13.1 Å². The van der Waals surface area contributed by atoms with Gasteiger partial charge in [0.05, 0.1) is 25.0 Å². The van der Waals surface area contributed by atoms with Gasteiger partial charge in [0.2, 0.25) is 0 Å². The Morgan fingerprint density at radius 1 is 1.10 bits per heavy atom. The molecule has 1 aromatic carbocycles. The molecule has 152 valence electrons. The molecule has 0 radical (unpaired) electrons. The smallest absolute Gasteiger partial charge is 0.194 e. The highest BCUT2D eigenvalue weighted by molar-refractivity contribution is 5.79. The average Bonchev–Trinajstić information content (AvgIpc) is 3.20. The van der Waals surface area contributed by atoms with E-state index < -0.39 is 0 Å². The third kappa shape index (κ3) is 5.57. The highest BCUT2D eigenvalue weighted by atomic mass is 15.3. The van der Waals surface area contributed by atoms with Crippen molar-refractivity contribution in [3.8, 4) is 11.3 Å². The molecule has 3 rings (SSSR count). The lowest BCUT2D eigenvalue weighted by Crippen LogP contribution is -2.38. The van der Waals surface area contributed by atoms with Gasteiger partial charge in [0, 0.05) is 33.9 Å². The second-order valence-electron chi connectivity index (χ2n) is 7.05. The minimum absolute atomic E-state index is 0.587. The van der Waals surface area contributed by atoms with Crippen molar-refractivity contribution in [3.63, 3.8) is 0 Å². The van der Waals surface area contributed by atoms with E-state index in [1.165, 1.54) is 0 Å². The summed E-state index contributed by atoms with van der Waals surface area (Å²) >= 11 is 0. The Labute approximate surface area is 172 Å². The quantitative estimate of drug-likeness (QED) is 0.478.